The molecule has 3 N–H and O–H groups in total. The maximum absolute atomic E-state index is 11.9. The first-order valence-electron chi connectivity index (χ1n) is 9.26. The number of rotatable bonds is 6. The SMILES string of the molecule is Cc1cc(N2CCCCC2)nc(NCCNC(=O)Nc2ccccc2Cl)n1. The van der Waals surface area contributed by atoms with E-state index in [4.69, 9.17) is 11.6 Å². The maximum atomic E-state index is 11.9. The van der Waals surface area contributed by atoms with Crippen molar-refractivity contribution in [2.24, 2.45) is 0 Å². The van der Waals surface area contributed by atoms with Gasteiger partial charge in [0.25, 0.3) is 0 Å². The molecule has 8 heteroatoms. The summed E-state index contributed by atoms with van der Waals surface area (Å²) < 4.78 is 0. The summed E-state index contributed by atoms with van der Waals surface area (Å²) >= 11 is 6.03. The molecule has 1 aliphatic rings. The van der Waals surface area contributed by atoms with Crippen LogP contribution in [-0.4, -0.2) is 42.2 Å². The summed E-state index contributed by atoms with van der Waals surface area (Å²) in [5.74, 6) is 1.55. The smallest absolute Gasteiger partial charge is 0.319 e. The van der Waals surface area contributed by atoms with E-state index in [2.05, 4.69) is 30.8 Å². The van der Waals surface area contributed by atoms with Gasteiger partial charge in [-0.25, -0.2) is 9.78 Å². The summed E-state index contributed by atoms with van der Waals surface area (Å²) in [6.07, 6.45) is 3.69. The number of hydrogen-bond donors (Lipinski definition) is 3. The summed E-state index contributed by atoms with van der Waals surface area (Å²) in [6, 6.07) is 8.83. The average Bonchev–Trinajstić information content (AvgIpc) is 2.67. The molecule has 0 spiro atoms. The lowest BCUT2D eigenvalue weighted by Crippen LogP contribution is -2.33. The molecule has 1 aromatic heterocycles. The molecule has 1 saturated heterocycles. The molecule has 0 saturated carbocycles. The second kappa shape index (κ2) is 9.41. The molecule has 0 bridgehead atoms. The molecule has 0 unspecified atom stereocenters. The van der Waals surface area contributed by atoms with Gasteiger partial charge in [0, 0.05) is 37.9 Å². The molecule has 0 radical (unpaired) electrons. The maximum Gasteiger partial charge on any atom is 0.319 e. The fraction of sp³-hybridized carbons (Fsp3) is 0.421. The highest BCUT2D eigenvalue weighted by Crippen LogP contribution is 2.20. The minimum Gasteiger partial charge on any atom is -0.356 e. The van der Waals surface area contributed by atoms with Crippen molar-refractivity contribution in [3.63, 3.8) is 0 Å². The standard InChI is InChI=1S/C19H25ClN6O/c1-14-13-17(26-11-5-2-6-12-26)25-18(23-14)21-9-10-22-19(27)24-16-8-4-3-7-15(16)20/h3-4,7-8,13H,2,5-6,9-12H2,1H3,(H,21,23,25)(H2,22,24,27). The zero-order chi connectivity index (χ0) is 19.1. The van der Waals surface area contributed by atoms with Crippen molar-refractivity contribution < 1.29 is 4.79 Å². The van der Waals surface area contributed by atoms with E-state index >= 15 is 0 Å². The Labute approximate surface area is 164 Å². The van der Waals surface area contributed by atoms with Gasteiger partial charge in [0.05, 0.1) is 10.7 Å². The molecule has 3 rings (SSSR count). The van der Waals surface area contributed by atoms with Gasteiger partial charge in [-0.05, 0) is 38.3 Å². The van der Waals surface area contributed by atoms with Crippen LogP contribution in [0.3, 0.4) is 0 Å². The molecule has 2 heterocycles. The first-order valence-corrected chi connectivity index (χ1v) is 9.63. The average molecular weight is 389 g/mol. The Morgan fingerprint density at radius 2 is 1.93 bits per heavy atom. The van der Waals surface area contributed by atoms with Gasteiger partial charge >= 0.3 is 6.03 Å². The highest BCUT2D eigenvalue weighted by Gasteiger charge is 2.13. The number of para-hydroxylation sites is 1. The van der Waals surface area contributed by atoms with Gasteiger partial charge in [-0.3, -0.25) is 0 Å². The third-order valence-corrected chi connectivity index (χ3v) is 4.67. The molecule has 1 aromatic carbocycles. The second-order valence-electron chi connectivity index (χ2n) is 6.53. The van der Waals surface area contributed by atoms with Crippen molar-refractivity contribution >= 4 is 35.1 Å². The van der Waals surface area contributed by atoms with Gasteiger partial charge in [0.2, 0.25) is 5.95 Å². The van der Waals surface area contributed by atoms with Crippen LogP contribution in [0, 0.1) is 6.92 Å². The summed E-state index contributed by atoms with van der Waals surface area (Å²) in [6.45, 7) is 5.01. The lowest BCUT2D eigenvalue weighted by Gasteiger charge is -2.28. The Morgan fingerprint density at radius 3 is 2.70 bits per heavy atom. The molecule has 0 atom stereocenters. The van der Waals surface area contributed by atoms with E-state index in [1.165, 1.54) is 19.3 Å². The van der Waals surface area contributed by atoms with Crippen LogP contribution < -0.4 is 20.9 Å². The highest BCUT2D eigenvalue weighted by molar-refractivity contribution is 6.33. The van der Waals surface area contributed by atoms with Gasteiger partial charge in [0.15, 0.2) is 0 Å². The number of anilines is 3. The number of nitrogens with zero attached hydrogens (tertiary/aromatic N) is 3. The largest absolute Gasteiger partial charge is 0.356 e. The first kappa shape index (κ1) is 19.2. The minimum absolute atomic E-state index is 0.302. The van der Waals surface area contributed by atoms with E-state index in [1.807, 2.05) is 25.1 Å². The van der Waals surface area contributed by atoms with Crippen molar-refractivity contribution in [1.82, 2.24) is 15.3 Å². The van der Waals surface area contributed by atoms with Gasteiger partial charge in [-0.2, -0.15) is 4.98 Å². The number of aryl methyl sites for hydroxylation is 1. The number of nitrogens with one attached hydrogen (secondary N) is 3. The molecule has 27 heavy (non-hydrogen) atoms. The summed E-state index contributed by atoms with van der Waals surface area (Å²) in [4.78, 5) is 23.3. The van der Waals surface area contributed by atoms with Crippen molar-refractivity contribution in [2.75, 3.05) is 41.7 Å². The number of carbonyl (C=O) groups is 1. The van der Waals surface area contributed by atoms with Crippen LogP contribution >= 0.6 is 11.6 Å². The van der Waals surface area contributed by atoms with Crippen molar-refractivity contribution in [1.29, 1.82) is 0 Å². The fourth-order valence-corrected chi connectivity index (χ4v) is 3.18. The van der Waals surface area contributed by atoms with E-state index in [0.29, 0.717) is 29.7 Å². The first-order chi connectivity index (χ1) is 13.1. The minimum atomic E-state index is -0.302. The van der Waals surface area contributed by atoms with E-state index in [0.717, 1.165) is 24.6 Å². The monoisotopic (exact) mass is 388 g/mol. The molecule has 7 nitrogen and oxygen atoms in total. The second-order valence-corrected chi connectivity index (χ2v) is 6.93. The van der Waals surface area contributed by atoms with Crippen LogP contribution in [0.5, 0.6) is 0 Å². The third kappa shape index (κ3) is 5.72. The molecular formula is C19H25ClN6O. The summed E-state index contributed by atoms with van der Waals surface area (Å²) in [5, 5.41) is 9.19. The Morgan fingerprint density at radius 1 is 1.15 bits per heavy atom. The van der Waals surface area contributed by atoms with Crippen LogP contribution in [0.2, 0.25) is 5.02 Å². The Bertz CT molecular complexity index is 779. The van der Waals surface area contributed by atoms with E-state index in [9.17, 15) is 4.79 Å². The van der Waals surface area contributed by atoms with Crippen LogP contribution in [0.1, 0.15) is 25.0 Å². The Balaban J connectivity index is 1.46. The fourth-order valence-electron chi connectivity index (χ4n) is 3.00. The molecule has 0 aliphatic carbocycles. The lowest BCUT2D eigenvalue weighted by atomic mass is 10.1. The van der Waals surface area contributed by atoms with Gasteiger partial charge < -0.3 is 20.9 Å². The zero-order valence-electron chi connectivity index (χ0n) is 15.5. The molecule has 144 valence electrons. The number of urea groups is 1. The number of piperidine rings is 1. The number of amides is 2. The molecule has 1 aliphatic heterocycles. The summed E-state index contributed by atoms with van der Waals surface area (Å²) in [7, 11) is 0. The van der Waals surface area contributed by atoms with Crippen LogP contribution in [0.4, 0.5) is 22.2 Å². The normalized spacial score (nSPS) is 13.9. The number of hydrogen-bond acceptors (Lipinski definition) is 5. The van der Waals surface area contributed by atoms with Crippen molar-refractivity contribution in [2.45, 2.75) is 26.2 Å². The lowest BCUT2D eigenvalue weighted by molar-refractivity contribution is 0.252. The third-order valence-electron chi connectivity index (χ3n) is 4.34. The van der Waals surface area contributed by atoms with Crippen molar-refractivity contribution in [3.8, 4) is 0 Å². The number of benzene rings is 1. The van der Waals surface area contributed by atoms with E-state index < -0.39 is 0 Å². The number of aromatic nitrogens is 2. The van der Waals surface area contributed by atoms with Gasteiger partial charge in [0.1, 0.15) is 5.82 Å². The Kier molecular flexibility index (Phi) is 6.70. The summed E-state index contributed by atoms with van der Waals surface area (Å²) in [5.41, 5.74) is 1.51. The quantitative estimate of drug-likeness (QED) is 0.658. The molecule has 2 aromatic rings. The number of halogens is 1. The zero-order valence-corrected chi connectivity index (χ0v) is 16.2. The predicted molar refractivity (Wildman–Crippen MR) is 110 cm³/mol. The molecule has 1 fully saturated rings. The van der Waals surface area contributed by atoms with Crippen LogP contribution in [0.25, 0.3) is 0 Å². The Hall–Kier alpha value is -2.54. The predicted octanol–water partition coefficient (Wildman–Crippen LogP) is 3.66. The van der Waals surface area contributed by atoms with Gasteiger partial charge in [-0.15, -0.1) is 0 Å². The van der Waals surface area contributed by atoms with E-state index in [1.54, 1.807) is 12.1 Å². The molecular weight excluding hydrogens is 364 g/mol. The van der Waals surface area contributed by atoms with Crippen LogP contribution in [0.15, 0.2) is 30.3 Å². The van der Waals surface area contributed by atoms with Crippen molar-refractivity contribution in [3.05, 3.63) is 41.0 Å². The van der Waals surface area contributed by atoms with E-state index in [-0.39, 0.29) is 6.03 Å². The van der Waals surface area contributed by atoms with Gasteiger partial charge in [-0.1, -0.05) is 23.7 Å². The number of carbonyl (C=O) groups excluding carboxylic acids is 1. The molecule has 2 amide bonds. The highest BCUT2D eigenvalue weighted by atomic mass is 35.5. The van der Waals surface area contributed by atoms with Crippen LogP contribution in [-0.2, 0) is 0 Å². The topological polar surface area (TPSA) is 82.2 Å².